The lowest BCUT2D eigenvalue weighted by atomic mass is 10.1. The van der Waals surface area contributed by atoms with E-state index >= 15 is 0 Å². The first-order chi connectivity index (χ1) is 14.3. The largest absolute Gasteiger partial charge is 0.482 e. The highest BCUT2D eigenvalue weighted by molar-refractivity contribution is 5.96. The summed E-state index contributed by atoms with van der Waals surface area (Å²) >= 11 is 0. The SMILES string of the molecule is Cc1nn(C)c(C)c1NC(=O)[C@@H](C)OC(=O)COc1ccc(-c2ccccc2)cc1. The van der Waals surface area contributed by atoms with Gasteiger partial charge in [0.25, 0.3) is 5.91 Å². The summed E-state index contributed by atoms with van der Waals surface area (Å²) in [6.45, 7) is 4.88. The predicted molar refractivity (Wildman–Crippen MR) is 114 cm³/mol. The summed E-state index contributed by atoms with van der Waals surface area (Å²) in [5, 5.41) is 7.01. The Labute approximate surface area is 175 Å². The fraction of sp³-hybridized carbons (Fsp3) is 0.261. The summed E-state index contributed by atoms with van der Waals surface area (Å²) in [6.07, 6.45) is -0.958. The summed E-state index contributed by atoms with van der Waals surface area (Å²) < 4.78 is 12.3. The van der Waals surface area contributed by atoms with Crippen LogP contribution < -0.4 is 10.1 Å². The molecule has 7 heteroatoms. The number of amides is 1. The number of benzene rings is 2. The smallest absolute Gasteiger partial charge is 0.344 e. The lowest BCUT2D eigenvalue weighted by Crippen LogP contribution is -2.32. The Balaban J connectivity index is 1.49. The Morgan fingerprint density at radius 3 is 2.27 bits per heavy atom. The van der Waals surface area contributed by atoms with Crippen LogP contribution in [0.4, 0.5) is 5.69 Å². The molecule has 0 aliphatic heterocycles. The molecule has 7 nitrogen and oxygen atoms in total. The number of aromatic nitrogens is 2. The number of hydrogen-bond donors (Lipinski definition) is 1. The second kappa shape index (κ2) is 9.26. The molecule has 0 saturated carbocycles. The van der Waals surface area contributed by atoms with E-state index in [1.54, 1.807) is 30.8 Å². The van der Waals surface area contributed by atoms with Crippen LogP contribution >= 0.6 is 0 Å². The van der Waals surface area contributed by atoms with Crippen LogP contribution in [0, 0.1) is 13.8 Å². The molecule has 156 valence electrons. The van der Waals surface area contributed by atoms with Gasteiger partial charge < -0.3 is 14.8 Å². The number of hydrogen-bond acceptors (Lipinski definition) is 5. The van der Waals surface area contributed by atoms with Gasteiger partial charge in [0, 0.05) is 7.05 Å². The van der Waals surface area contributed by atoms with Crippen molar-refractivity contribution in [3.8, 4) is 16.9 Å². The maximum atomic E-state index is 12.3. The molecule has 0 saturated heterocycles. The first-order valence-electron chi connectivity index (χ1n) is 9.64. The van der Waals surface area contributed by atoms with E-state index in [1.165, 1.54) is 6.92 Å². The highest BCUT2D eigenvalue weighted by Gasteiger charge is 2.21. The van der Waals surface area contributed by atoms with Crippen molar-refractivity contribution < 1.29 is 19.1 Å². The fourth-order valence-corrected chi connectivity index (χ4v) is 2.98. The molecule has 3 aromatic rings. The van der Waals surface area contributed by atoms with Gasteiger partial charge in [-0.15, -0.1) is 0 Å². The van der Waals surface area contributed by atoms with Crippen LogP contribution in [0.5, 0.6) is 5.75 Å². The molecule has 0 unspecified atom stereocenters. The molecule has 30 heavy (non-hydrogen) atoms. The van der Waals surface area contributed by atoms with Gasteiger partial charge in [-0.25, -0.2) is 4.79 Å². The molecular weight excluding hydrogens is 382 g/mol. The second-order valence-corrected chi connectivity index (χ2v) is 6.97. The molecule has 0 spiro atoms. The summed E-state index contributed by atoms with van der Waals surface area (Å²) in [6, 6.07) is 17.4. The van der Waals surface area contributed by atoms with E-state index in [0.717, 1.165) is 16.8 Å². The van der Waals surface area contributed by atoms with Crippen molar-refractivity contribution in [1.29, 1.82) is 0 Å². The fourth-order valence-electron chi connectivity index (χ4n) is 2.98. The second-order valence-electron chi connectivity index (χ2n) is 6.97. The van der Waals surface area contributed by atoms with Gasteiger partial charge in [0.15, 0.2) is 12.7 Å². The van der Waals surface area contributed by atoms with Crippen molar-refractivity contribution >= 4 is 17.6 Å². The van der Waals surface area contributed by atoms with Crippen LogP contribution in [0.25, 0.3) is 11.1 Å². The third-order valence-corrected chi connectivity index (χ3v) is 4.75. The zero-order valence-electron chi connectivity index (χ0n) is 17.5. The molecule has 0 aliphatic carbocycles. The van der Waals surface area contributed by atoms with Crippen molar-refractivity contribution in [3.63, 3.8) is 0 Å². The monoisotopic (exact) mass is 407 g/mol. The number of ether oxygens (including phenoxy) is 2. The number of anilines is 1. The summed E-state index contributed by atoms with van der Waals surface area (Å²) in [5.74, 6) is -0.496. The summed E-state index contributed by atoms with van der Waals surface area (Å²) in [7, 11) is 1.80. The van der Waals surface area contributed by atoms with Gasteiger partial charge in [0.05, 0.1) is 17.1 Å². The number of nitrogens with zero attached hydrogens (tertiary/aromatic N) is 2. The minimum absolute atomic E-state index is 0.284. The molecule has 1 atom stereocenters. The molecule has 1 amide bonds. The third kappa shape index (κ3) is 5.05. The maximum absolute atomic E-state index is 12.3. The third-order valence-electron chi connectivity index (χ3n) is 4.75. The van der Waals surface area contributed by atoms with Crippen molar-refractivity contribution in [3.05, 3.63) is 66.0 Å². The Bertz CT molecular complexity index is 1030. The van der Waals surface area contributed by atoms with Crippen LogP contribution in [0.1, 0.15) is 18.3 Å². The van der Waals surface area contributed by atoms with Gasteiger partial charge in [0.2, 0.25) is 0 Å². The van der Waals surface area contributed by atoms with Crippen LogP contribution in [0.2, 0.25) is 0 Å². The molecule has 0 aliphatic rings. The maximum Gasteiger partial charge on any atom is 0.344 e. The minimum atomic E-state index is -0.958. The van der Waals surface area contributed by atoms with Gasteiger partial charge in [-0.2, -0.15) is 5.10 Å². The molecule has 2 aromatic carbocycles. The Morgan fingerprint density at radius 1 is 1.03 bits per heavy atom. The number of carbonyl (C=O) groups excluding carboxylic acids is 2. The average Bonchev–Trinajstić information content (AvgIpc) is 2.99. The zero-order chi connectivity index (χ0) is 21.7. The van der Waals surface area contributed by atoms with E-state index in [4.69, 9.17) is 9.47 Å². The predicted octanol–water partition coefficient (Wildman–Crippen LogP) is 3.65. The molecule has 0 fully saturated rings. The van der Waals surface area contributed by atoms with Crippen molar-refractivity contribution in [1.82, 2.24) is 9.78 Å². The Hall–Kier alpha value is -3.61. The lowest BCUT2D eigenvalue weighted by Gasteiger charge is -2.14. The Morgan fingerprint density at radius 2 is 1.67 bits per heavy atom. The minimum Gasteiger partial charge on any atom is -0.482 e. The number of nitrogens with one attached hydrogen (secondary N) is 1. The lowest BCUT2D eigenvalue weighted by molar-refractivity contribution is -0.155. The van der Waals surface area contributed by atoms with Crippen molar-refractivity contribution in [2.75, 3.05) is 11.9 Å². The number of aryl methyl sites for hydroxylation is 2. The first kappa shape index (κ1) is 21.1. The van der Waals surface area contributed by atoms with Crippen LogP contribution in [-0.4, -0.2) is 34.4 Å². The van der Waals surface area contributed by atoms with Gasteiger partial charge in [-0.3, -0.25) is 9.48 Å². The van der Waals surface area contributed by atoms with Crippen LogP contribution in [0.3, 0.4) is 0 Å². The van der Waals surface area contributed by atoms with Crippen LogP contribution in [-0.2, 0) is 21.4 Å². The molecular formula is C23H25N3O4. The van der Waals surface area contributed by atoms with Crippen molar-refractivity contribution in [2.45, 2.75) is 26.9 Å². The molecule has 1 heterocycles. The molecule has 0 radical (unpaired) electrons. The van der Waals surface area contributed by atoms with Crippen molar-refractivity contribution in [2.24, 2.45) is 7.05 Å². The first-order valence-corrected chi connectivity index (χ1v) is 9.64. The van der Waals surface area contributed by atoms with E-state index in [0.29, 0.717) is 17.1 Å². The zero-order valence-corrected chi connectivity index (χ0v) is 17.5. The van der Waals surface area contributed by atoms with E-state index in [2.05, 4.69) is 10.4 Å². The van der Waals surface area contributed by atoms with E-state index in [9.17, 15) is 9.59 Å². The summed E-state index contributed by atoms with van der Waals surface area (Å²) in [5.41, 5.74) is 4.30. The van der Waals surface area contributed by atoms with Gasteiger partial charge in [0.1, 0.15) is 5.75 Å². The quantitative estimate of drug-likeness (QED) is 0.605. The van der Waals surface area contributed by atoms with Gasteiger partial charge in [-0.05, 0) is 44.0 Å². The Kier molecular flexibility index (Phi) is 6.51. The van der Waals surface area contributed by atoms with Crippen LogP contribution in [0.15, 0.2) is 54.6 Å². The van der Waals surface area contributed by atoms with E-state index in [1.807, 2.05) is 49.4 Å². The number of rotatable bonds is 7. The van der Waals surface area contributed by atoms with E-state index < -0.39 is 18.0 Å². The summed E-state index contributed by atoms with van der Waals surface area (Å²) in [4.78, 5) is 24.4. The normalized spacial score (nSPS) is 11.6. The number of esters is 1. The highest BCUT2D eigenvalue weighted by atomic mass is 16.6. The molecule has 1 N–H and O–H groups in total. The average molecular weight is 407 g/mol. The highest BCUT2D eigenvalue weighted by Crippen LogP contribution is 2.22. The standard InChI is InChI=1S/C23H25N3O4/c1-15-22(16(2)26(4)25-15)24-23(28)17(3)30-21(27)14-29-20-12-10-19(11-13-20)18-8-6-5-7-9-18/h5-13,17H,14H2,1-4H3,(H,24,28)/t17-/m1/s1. The van der Waals surface area contributed by atoms with Gasteiger partial charge in [-0.1, -0.05) is 42.5 Å². The molecule has 0 bridgehead atoms. The van der Waals surface area contributed by atoms with E-state index in [-0.39, 0.29) is 6.61 Å². The number of carbonyl (C=O) groups is 2. The van der Waals surface area contributed by atoms with Gasteiger partial charge >= 0.3 is 5.97 Å². The molecule has 3 rings (SSSR count). The topological polar surface area (TPSA) is 82.5 Å². The molecule has 1 aromatic heterocycles.